The van der Waals surface area contributed by atoms with Crippen LogP contribution in [0.25, 0.3) is 16.5 Å². The number of hydrogen-bond acceptors (Lipinski definition) is 3. The molecule has 0 aliphatic heterocycles. The molecular weight excluding hydrogens is 284 g/mol. The van der Waals surface area contributed by atoms with E-state index in [4.69, 9.17) is 4.74 Å². The molecule has 3 heteroatoms. The van der Waals surface area contributed by atoms with E-state index < -0.39 is 0 Å². The van der Waals surface area contributed by atoms with Gasteiger partial charge in [-0.15, -0.1) is 0 Å². The van der Waals surface area contributed by atoms with Crippen LogP contribution in [-0.4, -0.2) is 17.7 Å². The van der Waals surface area contributed by atoms with Crippen molar-refractivity contribution in [2.45, 2.75) is 18.9 Å². The van der Waals surface area contributed by atoms with Crippen LogP contribution < -0.4 is 0 Å². The predicted molar refractivity (Wildman–Crippen MR) is 92.7 cm³/mol. The maximum atomic E-state index is 9.23. The van der Waals surface area contributed by atoms with E-state index >= 15 is 0 Å². The van der Waals surface area contributed by atoms with E-state index in [-0.39, 0.29) is 5.60 Å². The van der Waals surface area contributed by atoms with Crippen LogP contribution in [0.5, 0.6) is 0 Å². The van der Waals surface area contributed by atoms with Crippen molar-refractivity contribution >= 4 is 16.5 Å². The van der Waals surface area contributed by atoms with E-state index in [9.17, 15) is 5.26 Å². The van der Waals surface area contributed by atoms with Crippen LogP contribution in [0, 0.1) is 11.3 Å². The molecule has 0 saturated carbocycles. The zero-order chi connectivity index (χ0) is 16.4. The van der Waals surface area contributed by atoms with Crippen molar-refractivity contribution in [2.75, 3.05) is 7.11 Å². The molecule has 2 aromatic rings. The Kier molecular flexibility index (Phi) is 3.85. The SMILES string of the molecule is C=C(C1=CCC(C)(OC)C=C1)c1cc(C#N)nc2ccccc12. The predicted octanol–water partition coefficient (Wildman–Crippen LogP) is 4.41. The van der Waals surface area contributed by atoms with Crippen LogP contribution in [-0.2, 0) is 4.74 Å². The zero-order valence-electron chi connectivity index (χ0n) is 13.3. The Labute approximate surface area is 136 Å². The summed E-state index contributed by atoms with van der Waals surface area (Å²) in [5.41, 5.74) is 3.85. The highest BCUT2D eigenvalue weighted by atomic mass is 16.5. The number of para-hydroxylation sites is 1. The number of aromatic nitrogens is 1. The first-order valence-electron chi connectivity index (χ1n) is 7.50. The second-order valence-electron chi connectivity index (χ2n) is 5.88. The van der Waals surface area contributed by atoms with Gasteiger partial charge in [0.2, 0.25) is 0 Å². The lowest BCUT2D eigenvalue weighted by Gasteiger charge is -2.27. The molecular formula is C20H18N2O. The van der Waals surface area contributed by atoms with E-state index in [1.807, 2.05) is 36.4 Å². The highest BCUT2D eigenvalue weighted by Crippen LogP contribution is 2.33. The number of ether oxygens (including phenoxy) is 1. The molecule has 0 saturated heterocycles. The molecule has 1 aromatic carbocycles. The molecule has 1 aliphatic carbocycles. The summed E-state index contributed by atoms with van der Waals surface area (Å²) in [7, 11) is 1.72. The van der Waals surface area contributed by atoms with Crippen LogP contribution in [0.2, 0.25) is 0 Å². The number of nitrogens with zero attached hydrogens (tertiary/aromatic N) is 2. The fourth-order valence-corrected chi connectivity index (χ4v) is 2.73. The lowest BCUT2D eigenvalue weighted by molar-refractivity contribution is 0.0504. The summed E-state index contributed by atoms with van der Waals surface area (Å²) in [5.74, 6) is 0. The summed E-state index contributed by atoms with van der Waals surface area (Å²) in [4.78, 5) is 4.36. The van der Waals surface area contributed by atoms with E-state index in [0.717, 1.165) is 34.0 Å². The van der Waals surface area contributed by atoms with Gasteiger partial charge in [0, 0.05) is 12.5 Å². The standard InChI is InChI=1S/C20H18N2O/c1-14(15-8-10-20(2,23-3)11-9-15)18-12-16(13-21)22-19-7-5-4-6-17(18)19/h4-10,12H,1,11H2,2-3H3. The van der Waals surface area contributed by atoms with Crippen molar-refractivity contribution in [3.8, 4) is 6.07 Å². The van der Waals surface area contributed by atoms with E-state index in [1.54, 1.807) is 7.11 Å². The number of fused-ring (bicyclic) bond motifs is 1. The normalized spacial score (nSPS) is 20.1. The van der Waals surface area contributed by atoms with Gasteiger partial charge in [-0.1, -0.05) is 43.0 Å². The lowest BCUT2D eigenvalue weighted by Crippen LogP contribution is -2.25. The van der Waals surface area contributed by atoms with Gasteiger partial charge >= 0.3 is 0 Å². The molecule has 0 spiro atoms. The molecule has 1 unspecified atom stereocenters. The average molecular weight is 302 g/mol. The van der Waals surface area contributed by atoms with E-state index in [1.165, 1.54) is 0 Å². The summed E-state index contributed by atoms with van der Waals surface area (Å²) in [6.45, 7) is 6.30. The number of allylic oxidation sites excluding steroid dienone is 3. The largest absolute Gasteiger partial charge is 0.374 e. The lowest BCUT2D eigenvalue weighted by atomic mass is 9.88. The maximum absolute atomic E-state index is 9.23. The molecule has 0 amide bonds. The van der Waals surface area contributed by atoms with Gasteiger partial charge in [0.25, 0.3) is 0 Å². The van der Waals surface area contributed by atoms with Gasteiger partial charge in [-0.25, -0.2) is 4.98 Å². The molecule has 1 heterocycles. The first-order valence-corrected chi connectivity index (χ1v) is 7.50. The molecule has 3 rings (SSSR count). The third-order valence-corrected chi connectivity index (χ3v) is 4.31. The van der Waals surface area contributed by atoms with Gasteiger partial charge < -0.3 is 4.74 Å². The Bertz CT molecular complexity index is 886. The summed E-state index contributed by atoms with van der Waals surface area (Å²) >= 11 is 0. The Morgan fingerprint density at radius 1 is 1.39 bits per heavy atom. The monoisotopic (exact) mass is 302 g/mol. The van der Waals surface area contributed by atoms with Gasteiger partial charge in [-0.3, -0.25) is 0 Å². The average Bonchev–Trinajstić information content (AvgIpc) is 2.60. The number of pyridine rings is 1. The van der Waals surface area contributed by atoms with E-state index in [0.29, 0.717) is 5.69 Å². The van der Waals surface area contributed by atoms with Crippen LogP contribution in [0.4, 0.5) is 0 Å². The third-order valence-electron chi connectivity index (χ3n) is 4.31. The molecule has 114 valence electrons. The van der Waals surface area contributed by atoms with Crippen molar-refractivity contribution in [3.05, 3.63) is 72.0 Å². The number of methoxy groups -OCH3 is 1. The fourth-order valence-electron chi connectivity index (χ4n) is 2.73. The number of benzene rings is 1. The molecule has 0 fully saturated rings. The molecule has 3 nitrogen and oxygen atoms in total. The van der Waals surface area contributed by atoms with Crippen LogP contribution >= 0.6 is 0 Å². The van der Waals surface area contributed by atoms with Crippen LogP contribution in [0.15, 0.2) is 60.7 Å². The Morgan fingerprint density at radius 2 is 2.17 bits per heavy atom. The summed E-state index contributed by atoms with van der Waals surface area (Å²) in [6.07, 6.45) is 7.02. The molecule has 0 radical (unpaired) electrons. The second-order valence-corrected chi connectivity index (χ2v) is 5.88. The molecule has 23 heavy (non-hydrogen) atoms. The van der Waals surface area contributed by atoms with Crippen LogP contribution in [0.3, 0.4) is 0 Å². The molecule has 1 aromatic heterocycles. The first kappa shape index (κ1) is 15.2. The van der Waals surface area contributed by atoms with Crippen molar-refractivity contribution in [1.29, 1.82) is 5.26 Å². The summed E-state index contributed by atoms with van der Waals surface area (Å²) in [5, 5.41) is 10.2. The quantitative estimate of drug-likeness (QED) is 0.843. The van der Waals surface area contributed by atoms with Gasteiger partial charge in [-0.05, 0) is 42.2 Å². The highest BCUT2D eigenvalue weighted by Gasteiger charge is 2.22. The van der Waals surface area contributed by atoms with Crippen molar-refractivity contribution < 1.29 is 4.74 Å². The Morgan fingerprint density at radius 3 is 2.83 bits per heavy atom. The van der Waals surface area contributed by atoms with E-state index in [2.05, 4.69) is 36.7 Å². The third kappa shape index (κ3) is 2.81. The maximum Gasteiger partial charge on any atom is 0.141 e. The molecule has 1 atom stereocenters. The topological polar surface area (TPSA) is 45.9 Å². The van der Waals surface area contributed by atoms with Gasteiger partial charge in [0.15, 0.2) is 0 Å². The van der Waals surface area contributed by atoms with Crippen molar-refractivity contribution in [1.82, 2.24) is 4.98 Å². The van der Waals surface area contributed by atoms with Crippen molar-refractivity contribution in [2.24, 2.45) is 0 Å². The van der Waals surface area contributed by atoms with Crippen molar-refractivity contribution in [3.63, 3.8) is 0 Å². The smallest absolute Gasteiger partial charge is 0.141 e. The van der Waals surface area contributed by atoms with Gasteiger partial charge in [0.1, 0.15) is 11.8 Å². The zero-order valence-corrected chi connectivity index (χ0v) is 13.3. The Balaban J connectivity index is 2.06. The summed E-state index contributed by atoms with van der Waals surface area (Å²) in [6, 6.07) is 11.8. The first-order chi connectivity index (χ1) is 11.1. The number of nitriles is 1. The second kappa shape index (κ2) is 5.83. The molecule has 1 aliphatic rings. The highest BCUT2D eigenvalue weighted by molar-refractivity contribution is 5.96. The Hall–Kier alpha value is -2.70. The van der Waals surface area contributed by atoms with Gasteiger partial charge in [-0.2, -0.15) is 5.26 Å². The number of rotatable bonds is 3. The molecule has 0 N–H and O–H groups in total. The fraction of sp³-hybridized carbons (Fsp3) is 0.200. The molecule has 0 bridgehead atoms. The minimum atomic E-state index is -0.262. The summed E-state index contributed by atoms with van der Waals surface area (Å²) < 4.78 is 5.51. The van der Waals surface area contributed by atoms with Gasteiger partial charge in [0.05, 0.1) is 11.1 Å². The van der Waals surface area contributed by atoms with Crippen LogP contribution in [0.1, 0.15) is 24.6 Å². The minimum absolute atomic E-state index is 0.262. The number of hydrogen-bond donors (Lipinski definition) is 0. The minimum Gasteiger partial charge on any atom is -0.374 e.